The van der Waals surface area contributed by atoms with Crippen molar-refractivity contribution < 1.29 is 9.34 Å². The van der Waals surface area contributed by atoms with Gasteiger partial charge in [-0.05, 0) is 35.9 Å². The van der Waals surface area contributed by atoms with E-state index in [2.05, 4.69) is 9.97 Å². The van der Waals surface area contributed by atoms with E-state index in [9.17, 15) is 10.1 Å². The number of hydrogen-bond donors (Lipinski definition) is 0. The van der Waals surface area contributed by atoms with Crippen LogP contribution in [0.3, 0.4) is 0 Å². The number of fused-ring (bicyclic) bond motifs is 1. The molecule has 0 saturated carbocycles. The highest BCUT2D eigenvalue weighted by Crippen LogP contribution is 2.33. The Bertz CT molecular complexity index is 832. The number of aromatic nitrogens is 2. The molecule has 2 heterocycles. The molecule has 1 aromatic carbocycles. The van der Waals surface area contributed by atoms with E-state index >= 15 is 0 Å². The van der Waals surface area contributed by atoms with E-state index in [4.69, 9.17) is 27.6 Å². The molecule has 100 valence electrons. The molecule has 20 heavy (non-hydrogen) atoms. The molecule has 3 rings (SSSR count). The first kappa shape index (κ1) is 12.8. The lowest BCUT2D eigenvalue weighted by atomic mass is 10.2. The molecule has 0 aliphatic rings. The van der Waals surface area contributed by atoms with Crippen LogP contribution in [0.5, 0.6) is 0 Å². The van der Waals surface area contributed by atoms with E-state index in [1.165, 1.54) is 0 Å². The van der Waals surface area contributed by atoms with Gasteiger partial charge in [-0.2, -0.15) is 0 Å². The molecule has 0 amide bonds. The maximum absolute atomic E-state index is 11.0. The van der Waals surface area contributed by atoms with Crippen molar-refractivity contribution in [1.82, 2.24) is 9.97 Å². The fourth-order valence-corrected chi connectivity index (χ4v) is 2.11. The first-order valence-electron chi connectivity index (χ1n) is 5.41. The Labute approximate surface area is 122 Å². The standard InChI is InChI=1S/C12H5Cl2N3O3/c13-7-1-2-9-6(3-7)4-10(20-9)11-8(17(18)19)5-15-12(14)16-11/h1-5H. The molecule has 0 atom stereocenters. The zero-order valence-electron chi connectivity index (χ0n) is 9.71. The number of nitro groups is 1. The van der Waals surface area contributed by atoms with Gasteiger partial charge in [0.05, 0.1) is 4.92 Å². The summed E-state index contributed by atoms with van der Waals surface area (Å²) in [6.07, 6.45) is 1.05. The van der Waals surface area contributed by atoms with Crippen molar-refractivity contribution in [2.75, 3.05) is 0 Å². The Morgan fingerprint density at radius 3 is 2.80 bits per heavy atom. The van der Waals surface area contributed by atoms with Gasteiger partial charge in [-0.1, -0.05) is 11.6 Å². The predicted octanol–water partition coefficient (Wildman–Crippen LogP) is 4.10. The molecule has 0 fully saturated rings. The molecular weight excluding hydrogens is 305 g/mol. The van der Waals surface area contributed by atoms with E-state index in [0.717, 1.165) is 11.6 Å². The van der Waals surface area contributed by atoms with E-state index in [-0.39, 0.29) is 22.4 Å². The summed E-state index contributed by atoms with van der Waals surface area (Å²) in [6.45, 7) is 0. The monoisotopic (exact) mass is 309 g/mol. The van der Waals surface area contributed by atoms with Crippen LogP contribution in [0.2, 0.25) is 10.3 Å². The highest BCUT2D eigenvalue weighted by Gasteiger charge is 2.21. The smallest absolute Gasteiger partial charge is 0.316 e. The number of benzene rings is 1. The number of nitrogens with zero attached hydrogens (tertiary/aromatic N) is 3. The molecule has 6 nitrogen and oxygen atoms in total. The van der Waals surface area contributed by atoms with Crippen molar-refractivity contribution in [3.05, 3.63) is 50.9 Å². The number of hydrogen-bond acceptors (Lipinski definition) is 5. The van der Waals surface area contributed by atoms with Crippen LogP contribution in [0.4, 0.5) is 5.69 Å². The van der Waals surface area contributed by atoms with E-state index in [1.54, 1.807) is 24.3 Å². The summed E-state index contributed by atoms with van der Waals surface area (Å²) in [5.74, 6) is 0.235. The van der Waals surface area contributed by atoms with Gasteiger partial charge in [0.15, 0.2) is 11.5 Å². The average molecular weight is 310 g/mol. The van der Waals surface area contributed by atoms with Crippen molar-refractivity contribution in [3.63, 3.8) is 0 Å². The minimum atomic E-state index is -0.591. The second-order valence-electron chi connectivity index (χ2n) is 3.92. The lowest BCUT2D eigenvalue weighted by molar-refractivity contribution is -0.384. The molecule has 0 radical (unpaired) electrons. The van der Waals surface area contributed by atoms with Gasteiger partial charge in [0.25, 0.3) is 0 Å². The Morgan fingerprint density at radius 1 is 1.25 bits per heavy atom. The van der Waals surface area contributed by atoms with Gasteiger partial charge in [-0.25, -0.2) is 9.97 Å². The minimum absolute atomic E-state index is 0.0299. The Morgan fingerprint density at radius 2 is 2.05 bits per heavy atom. The molecular formula is C12H5Cl2N3O3. The van der Waals surface area contributed by atoms with E-state index in [1.807, 2.05) is 0 Å². The third-order valence-corrected chi connectivity index (χ3v) is 3.07. The van der Waals surface area contributed by atoms with Crippen LogP contribution in [0, 0.1) is 10.1 Å². The maximum atomic E-state index is 11.0. The first-order valence-corrected chi connectivity index (χ1v) is 6.16. The van der Waals surface area contributed by atoms with Gasteiger partial charge >= 0.3 is 5.69 Å². The molecule has 8 heteroatoms. The first-order chi connectivity index (χ1) is 9.54. The third kappa shape index (κ3) is 2.19. The minimum Gasteiger partial charge on any atom is -0.454 e. The second-order valence-corrected chi connectivity index (χ2v) is 4.70. The van der Waals surface area contributed by atoms with Crippen LogP contribution in [-0.2, 0) is 0 Å². The molecule has 0 saturated heterocycles. The van der Waals surface area contributed by atoms with Crippen LogP contribution in [0.1, 0.15) is 0 Å². The summed E-state index contributed by atoms with van der Waals surface area (Å²) in [7, 11) is 0. The van der Waals surface area contributed by atoms with Crippen molar-refractivity contribution >= 4 is 39.9 Å². The van der Waals surface area contributed by atoms with Gasteiger partial charge in [-0.3, -0.25) is 10.1 Å². The van der Waals surface area contributed by atoms with Crippen LogP contribution in [0.15, 0.2) is 34.9 Å². The fourth-order valence-electron chi connectivity index (χ4n) is 1.80. The van der Waals surface area contributed by atoms with E-state index < -0.39 is 4.92 Å². The molecule has 0 spiro atoms. The van der Waals surface area contributed by atoms with E-state index in [0.29, 0.717) is 10.6 Å². The highest BCUT2D eigenvalue weighted by atomic mass is 35.5. The summed E-state index contributed by atoms with van der Waals surface area (Å²) in [4.78, 5) is 17.9. The molecule has 2 aromatic heterocycles. The van der Waals surface area contributed by atoms with Gasteiger partial charge in [-0.15, -0.1) is 0 Å². The number of furan rings is 1. The molecule has 3 aromatic rings. The second kappa shape index (κ2) is 4.73. The topological polar surface area (TPSA) is 82.1 Å². The van der Waals surface area contributed by atoms with Crippen LogP contribution in [0.25, 0.3) is 22.4 Å². The zero-order chi connectivity index (χ0) is 14.3. The Hall–Kier alpha value is -2.18. The summed E-state index contributed by atoms with van der Waals surface area (Å²) < 4.78 is 5.54. The lowest BCUT2D eigenvalue weighted by Gasteiger charge is -1.98. The molecule has 0 aliphatic carbocycles. The van der Waals surface area contributed by atoms with Crippen molar-refractivity contribution in [3.8, 4) is 11.5 Å². The van der Waals surface area contributed by atoms with Crippen LogP contribution >= 0.6 is 23.2 Å². The van der Waals surface area contributed by atoms with Gasteiger partial charge in [0.2, 0.25) is 5.28 Å². The van der Waals surface area contributed by atoms with Crippen LogP contribution < -0.4 is 0 Å². The number of halogens is 2. The Kier molecular flexibility index (Phi) is 3.04. The molecule has 0 unspecified atom stereocenters. The maximum Gasteiger partial charge on any atom is 0.316 e. The van der Waals surface area contributed by atoms with Crippen LogP contribution in [-0.4, -0.2) is 14.9 Å². The Balaban J connectivity index is 2.24. The van der Waals surface area contributed by atoms with Gasteiger partial charge in [0.1, 0.15) is 11.8 Å². The fraction of sp³-hybridized carbons (Fsp3) is 0. The summed E-state index contributed by atoms with van der Waals surface area (Å²) in [5.41, 5.74) is 0.301. The largest absolute Gasteiger partial charge is 0.454 e. The SMILES string of the molecule is O=[N+]([O-])c1cnc(Cl)nc1-c1cc2cc(Cl)ccc2o1. The number of rotatable bonds is 2. The summed E-state index contributed by atoms with van der Waals surface area (Å²) in [6, 6.07) is 6.65. The lowest BCUT2D eigenvalue weighted by Crippen LogP contribution is -1.96. The normalized spacial score (nSPS) is 10.9. The zero-order valence-corrected chi connectivity index (χ0v) is 11.2. The quantitative estimate of drug-likeness (QED) is 0.404. The van der Waals surface area contributed by atoms with Gasteiger partial charge < -0.3 is 4.42 Å². The van der Waals surface area contributed by atoms with Gasteiger partial charge in [0, 0.05) is 10.4 Å². The van der Waals surface area contributed by atoms with Crippen molar-refractivity contribution in [2.24, 2.45) is 0 Å². The molecule has 0 N–H and O–H groups in total. The molecule has 0 aliphatic heterocycles. The average Bonchev–Trinajstić information content (AvgIpc) is 2.81. The summed E-state index contributed by atoms with van der Waals surface area (Å²) >= 11 is 11.6. The molecule has 0 bridgehead atoms. The summed E-state index contributed by atoms with van der Waals surface area (Å²) in [5, 5.41) is 12.2. The highest BCUT2D eigenvalue weighted by molar-refractivity contribution is 6.31. The third-order valence-electron chi connectivity index (χ3n) is 2.65. The predicted molar refractivity (Wildman–Crippen MR) is 73.9 cm³/mol. The van der Waals surface area contributed by atoms with Crippen molar-refractivity contribution in [2.45, 2.75) is 0 Å². The van der Waals surface area contributed by atoms with Crippen molar-refractivity contribution in [1.29, 1.82) is 0 Å².